The Morgan fingerprint density at radius 1 is 0.333 bits per heavy atom. The zero-order valence-corrected chi connectivity index (χ0v) is 28.6. The third-order valence-electron chi connectivity index (χ3n) is 9.99. The molecular weight excluding hydrogens is 637 g/mol. The molecular formula is C48H32N2S. The number of hydrogen-bond donors (Lipinski definition) is 0. The van der Waals surface area contributed by atoms with Crippen molar-refractivity contribution in [2.24, 2.45) is 0 Å². The third kappa shape index (κ3) is 5.10. The summed E-state index contributed by atoms with van der Waals surface area (Å²) >= 11 is 1.86. The van der Waals surface area contributed by atoms with E-state index in [-0.39, 0.29) is 0 Å². The van der Waals surface area contributed by atoms with Crippen molar-refractivity contribution in [1.82, 2.24) is 4.57 Å². The lowest BCUT2D eigenvalue weighted by Gasteiger charge is -2.26. The van der Waals surface area contributed by atoms with Gasteiger partial charge in [-0.2, -0.15) is 0 Å². The molecule has 0 aliphatic rings. The zero-order valence-electron chi connectivity index (χ0n) is 27.8. The van der Waals surface area contributed by atoms with Crippen molar-refractivity contribution in [1.29, 1.82) is 0 Å². The van der Waals surface area contributed by atoms with E-state index in [2.05, 4.69) is 204 Å². The van der Waals surface area contributed by atoms with Gasteiger partial charge in [0.1, 0.15) is 0 Å². The maximum atomic E-state index is 2.39. The molecule has 0 atom stereocenters. The van der Waals surface area contributed by atoms with Crippen molar-refractivity contribution in [3.05, 3.63) is 194 Å². The van der Waals surface area contributed by atoms with Crippen LogP contribution in [-0.4, -0.2) is 4.57 Å². The Morgan fingerprint density at radius 2 is 0.863 bits per heavy atom. The predicted octanol–water partition coefficient (Wildman–Crippen LogP) is 14.0. The number of hydrogen-bond acceptors (Lipinski definition) is 2. The van der Waals surface area contributed by atoms with Crippen LogP contribution in [0.3, 0.4) is 0 Å². The Labute approximate surface area is 300 Å². The van der Waals surface area contributed by atoms with Gasteiger partial charge in [-0.15, -0.1) is 11.3 Å². The first-order valence-electron chi connectivity index (χ1n) is 17.3. The predicted molar refractivity (Wildman–Crippen MR) is 219 cm³/mol. The Kier molecular flexibility index (Phi) is 7.04. The first-order chi connectivity index (χ1) is 25.3. The monoisotopic (exact) mass is 668 g/mol. The minimum absolute atomic E-state index is 1.10. The second-order valence-electron chi connectivity index (χ2n) is 13.0. The standard InChI is InChI=1S/C48H32N2S/c1-2-11-33(12-3-1)34-21-26-37(27-22-34)49(38-28-23-35(24-29-38)36-25-30-48-44(31-36)43-17-6-9-20-47(43)51-48)39-13-10-14-40(32-39)50-45-18-7-4-15-41(45)42-16-5-8-19-46(42)50/h1-32H. The molecule has 0 unspecified atom stereocenters. The minimum atomic E-state index is 1.10. The normalized spacial score (nSPS) is 11.5. The fourth-order valence-electron chi connectivity index (χ4n) is 7.56. The fourth-order valence-corrected chi connectivity index (χ4v) is 8.65. The molecule has 0 radical (unpaired) electrons. The smallest absolute Gasteiger partial charge is 0.0541 e. The van der Waals surface area contributed by atoms with Crippen LogP contribution in [0.2, 0.25) is 0 Å². The molecule has 0 bridgehead atoms. The summed E-state index contributed by atoms with van der Waals surface area (Å²) in [5.74, 6) is 0. The van der Waals surface area contributed by atoms with E-state index in [0.29, 0.717) is 0 Å². The van der Waals surface area contributed by atoms with E-state index in [1.165, 1.54) is 64.2 Å². The highest BCUT2D eigenvalue weighted by molar-refractivity contribution is 7.25. The molecule has 0 saturated carbocycles. The number of benzene rings is 8. The number of aromatic nitrogens is 1. The highest BCUT2D eigenvalue weighted by Crippen LogP contribution is 2.40. The number of anilines is 3. The van der Waals surface area contributed by atoms with E-state index in [9.17, 15) is 0 Å². The molecule has 0 aliphatic carbocycles. The molecule has 51 heavy (non-hydrogen) atoms. The van der Waals surface area contributed by atoms with Crippen molar-refractivity contribution < 1.29 is 0 Å². The van der Waals surface area contributed by atoms with Gasteiger partial charge in [-0.3, -0.25) is 0 Å². The molecule has 8 aromatic carbocycles. The molecule has 2 nitrogen and oxygen atoms in total. The summed E-state index contributed by atoms with van der Waals surface area (Å²) in [5.41, 5.74) is 11.7. The minimum Gasteiger partial charge on any atom is -0.310 e. The molecule has 10 aromatic rings. The number of thiophene rings is 1. The molecule has 0 saturated heterocycles. The van der Waals surface area contributed by atoms with Gasteiger partial charge in [0.2, 0.25) is 0 Å². The Bertz CT molecular complexity index is 2790. The van der Waals surface area contributed by atoms with Crippen molar-refractivity contribution in [2.75, 3.05) is 4.90 Å². The molecule has 0 N–H and O–H groups in total. The van der Waals surface area contributed by atoms with Crippen molar-refractivity contribution in [3.8, 4) is 27.9 Å². The number of nitrogens with zero attached hydrogens (tertiary/aromatic N) is 2. The topological polar surface area (TPSA) is 8.17 Å². The fraction of sp³-hybridized carbons (Fsp3) is 0. The van der Waals surface area contributed by atoms with E-state index in [0.717, 1.165) is 22.7 Å². The number of para-hydroxylation sites is 2. The van der Waals surface area contributed by atoms with Gasteiger partial charge >= 0.3 is 0 Å². The van der Waals surface area contributed by atoms with E-state index in [1.807, 2.05) is 11.3 Å². The number of rotatable bonds is 6. The average molecular weight is 669 g/mol. The molecule has 3 heteroatoms. The molecule has 2 aromatic heterocycles. The quantitative estimate of drug-likeness (QED) is 0.171. The van der Waals surface area contributed by atoms with Crippen LogP contribution in [0.25, 0.3) is 69.9 Å². The highest BCUT2D eigenvalue weighted by Gasteiger charge is 2.17. The first kappa shape index (κ1) is 29.5. The molecule has 240 valence electrons. The van der Waals surface area contributed by atoms with Crippen LogP contribution in [0.5, 0.6) is 0 Å². The summed E-state index contributed by atoms with van der Waals surface area (Å²) in [7, 11) is 0. The lowest BCUT2D eigenvalue weighted by molar-refractivity contribution is 1.17. The van der Waals surface area contributed by atoms with Crippen molar-refractivity contribution >= 4 is 70.4 Å². The van der Waals surface area contributed by atoms with Gasteiger partial charge in [0.05, 0.1) is 11.0 Å². The van der Waals surface area contributed by atoms with Gasteiger partial charge in [0.25, 0.3) is 0 Å². The molecule has 0 amide bonds. The van der Waals surface area contributed by atoms with Gasteiger partial charge in [-0.25, -0.2) is 0 Å². The van der Waals surface area contributed by atoms with Crippen LogP contribution in [0.1, 0.15) is 0 Å². The van der Waals surface area contributed by atoms with Gasteiger partial charge in [0, 0.05) is 53.7 Å². The summed E-state index contributed by atoms with van der Waals surface area (Å²) in [4.78, 5) is 2.37. The number of fused-ring (bicyclic) bond motifs is 6. The molecule has 0 fully saturated rings. The van der Waals surface area contributed by atoms with E-state index >= 15 is 0 Å². The van der Waals surface area contributed by atoms with Crippen LogP contribution < -0.4 is 4.90 Å². The molecule has 2 heterocycles. The van der Waals surface area contributed by atoms with Crippen LogP contribution in [0.15, 0.2) is 194 Å². The molecule has 0 spiro atoms. The van der Waals surface area contributed by atoms with E-state index in [1.54, 1.807) is 0 Å². The van der Waals surface area contributed by atoms with Gasteiger partial charge in [-0.1, -0.05) is 121 Å². The second kappa shape index (κ2) is 12.2. The summed E-state index contributed by atoms with van der Waals surface area (Å²) in [6.07, 6.45) is 0. The maximum Gasteiger partial charge on any atom is 0.0541 e. The molecule has 10 rings (SSSR count). The Hall–Kier alpha value is -6.42. The van der Waals surface area contributed by atoms with E-state index < -0.39 is 0 Å². The maximum absolute atomic E-state index is 2.39. The van der Waals surface area contributed by atoms with Gasteiger partial charge in [-0.05, 0) is 95.1 Å². The Morgan fingerprint density at radius 3 is 1.55 bits per heavy atom. The summed E-state index contributed by atoms with van der Waals surface area (Å²) in [6, 6.07) is 70.4. The van der Waals surface area contributed by atoms with Crippen molar-refractivity contribution in [2.45, 2.75) is 0 Å². The summed E-state index contributed by atoms with van der Waals surface area (Å²) in [6.45, 7) is 0. The van der Waals surface area contributed by atoms with Crippen molar-refractivity contribution in [3.63, 3.8) is 0 Å². The van der Waals surface area contributed by atoms with Crippen LogP contribution in [-0.2, 0) is 0 Å². The largest absolute Gasteiger partial charge is 0.310 e. The third-order valence-corrected chi connectivity index (χ3v) is 11.1. The SMILES string of the molecule is c1ccc(-c2ccc(N(c3ccc(-c4ccc5sc6ccccc6c5c4)cc3)c3cccc(-n4c5ccccc5c5ccccc54)c3)cc2)cc1. The lowest BCUT2D eigenvalue weighted by atomic mass is 10.0. The van der Waals surface area contributed by atoms with Crippen LogP contribution in [0.4, 0.5) is 17.1 Å². The van der Waals surface area contributed by atoms with Gasteiger partial charge in [0.15, 0.2) is 0 Å². The zero-order chi connectivity index (χ0) is 33.7. The molecule has 0 aliphatic heterocycles. The highest BCUT2D eigenvalue weighted by atomic mass is 32.1. The second-order valence-corrected chi connectivity index (χ2v) is 14.1. The first-order valence-corrected chi connectivity index (χ1v) is 18.2. The Balaban J connectivity index is 1.09. The van der Waals surface area contributed by atoms with Gasteiger partial charge < -0.3 is 9.47 Å². The summed E-state index contributed by atoms with van der Waals surface area (Å²) < 4.78 is 5.04. The van der Waals surface area contributed by atoms with Crippen LogP contribution >= 0.6 is 11.3 Å². The average Bonchev–Trinajstić information content (AvgIpc) is 3.75. The lowest BCUT2D eigenvalue weighted by Crippen LogP contribution is -2.10. The van der Waals surface area contributed by atoms with E-state index in [4.69, 9.17) is 0 Å². The van der Waals surface area contributed by atoms with Crippen LogP contribution in [0, 0.1) is 0 Å². The summed E-state index contributed by atoms with van der Waals surface area (Å²) in [5, 5.41) is 5.16.